The maximum atomic E-state index is 11.5. The Morgan fingerprint density at radius 2 is 1.87 bits per heavy atom. The molecule has 3 aromatic rings. The van der Waals surface area contributed by atoms with Gasteiger partial charge in [0.15, 0.2) is 0 Å². The molecule has 0 aliphatic heterocycles. The van der Waals surface area contributed by atoms with Gasteiger partial charge in [-0.25, -0.2) is 4.79 Å². The van der Waals surface area contributed by atoms with Gasteiger partial charge in [-0.1, -0.05) is 44.2 Å². The Labute approximate surface area is 136 Å². The van der Waals surface area contributed by atoms with Crippen LogP contribution in [0.25, 0.3) is 22.0 Å². The fourth-order valence-corrected chi connectivity index (χ4v) is 2.99. The Kier molecular flexibility index (Phi) is 3.95. The first-order chi connectivity index (χ1) is 11.0. The molecule has 118 valence electrons. The summed E-state index contributed by atoms with van der Waals surface area (Å²) in [5, 5.41) is 10.3. The van der Waals surface area contributed by atoms with Gasteiger partial charge in [0.1, 0.15) is 0 Å². The normalized spacial score (nSPS) is 11.3. The second kappa shape index (κ2) is 5.92. The topological polar surface area (TPSA) is 42.2 Å². The van der Waals surface area contributed by atoms with Gasteiger partial charge in [0, 0.05) is 23.6 Å². The average molecular weight is 307 g/mol. The molecule has 3 heteroatoms. The van der Waals surface area contributed by atoms with Crippen molar-refractivity contribution in [1.29, 1.82) is 0 Å². The summed E-state index contributed by atoms with van der Waals surface area (Å²) < 4.78 is 1.98. The summed E-state index contributed by atoms with van der Waals surface area (Å²) in [7, 11) is 0. The average Bonchev–Trinajstić information content (AvgIpc) is 2.93. The van der Waals surface area contributed by atoms with Crippen LogP contribution in [0.5, 0.6) is 0 Å². The maximum Gasteiger partial charge on any atom is 0.337 e. The highest BCUT2D eigenvalue weighted by molar-refractivity contribution is 6.04. The minimum Gasteiger partial charge on any atom is -0.478 e. The molecular weight excluding hydrogens is 286 g/mol. The third-order valence-corrected chi connectivity index (χ3v) is 4.34. The molecular formula is C20H21NO2. The predicted molar refractivity (Wildman–Crippen MR) is 94.1 cm³/mol. The van der Waals surface area contributed by atoms with E-state index in [-0.39, 0.29) is 0 Å². The molecule has 0 aliphatic rings. The van der Waals surface area contributed by atoms with Gasteiger partial charge in [-0.05, 0) is 41.7 Å². The molecule has 23 heavy (non-hydrogen) atoms. The van der Waals surface area contributed by atoms with E-state index in [0.717, 1.165) is 28.6 Å². The van der Waals surface area contributed by atoms with Crippen LogP contribution in [0, 0.1) is 0 Å². The zero-order valence-corrected chi connectivity index (χ0v) is 13.7. The van der Waals surface area contributed by atoms with E-state index in [4.69, 9.17) is 0 Å². The van der Waals surface area contributed by atoms with Crippen LogP contribution in [0.2, 0.25) is 0 Å². The highest BCUT2D eigenvalue weighted by atomic mass is 16.4. The fraction of sp³-hybridized carbons (Fsp3) is 0.250. The first kappa shape index (κ1) is 15.3. The van der Waals surface area contributed by atoms with Crippen molar-refractivity contribution in [3.63, 3.8) is 0 Å². The number of aromatic carboxylic acids is 1. The number of fused-ring (bicyclic) bond motifs is 1. The molecule has 3 nitrogen and oxygen atoms in total. The SMILES string of the molecule is CCn1cc(C(=O)O)c2cc(-c3cccc(C(C)C)c3)ccc21. The molecule has 0 saturated heterocycles. The zero-order valence-electron chi connectivity index (χ0n) is 13.7. The lowest BCUT2D eigenvalue weighted by molar-refractivity contribution is 0.0699. The summed E-state index contributed by atoms with van der Waals surface area (Å²) in [4.78, 5) is 11.5. The summed E-state index contributed by atoms with van der Waals surface area (Å²) in [6.45, 7) is 7.12. The number of rotatable bonds is 4. The standard InChI is InChI=1S/C20H21NO2/c1-4-21-12-18(20(22)23)17-11-16(8-9-19(17)21)15-7-5-6-14(10-15)13(2)3/h5-13H,4H2,1-3H3,(H,22,23). The lowest BCUT2D eigenvalue weighted by Gasteiger charge is -2.09. The molecule has 2 aromatic carbocycles. The molecule has 1 aromatic heterocycles. The van der Waals surface area contributed by atoms with Gasteiger partial charge in [-0.3, -0.25) is 0 Å². The summed E-state index contributed by atoms with van der Waals surface area (Å²) >= 11 is 0. The molecule has 0 saturated carbocycles. The van der Waals surface area contributed by atoms with E-state index in [1.54, 1.807) is 6.20 Å². The van der Waals surface area contributed by atoms with E-state index < -0.39 is 5.97 Å². The highest BCUT2D eigenvalue weighted by Crippen LogP contribution is 2.29. The number of hydrogen-bond acceptors (Lipinski definition) is 1. The van der Waals surface area contributed by atoms with Gasteiger partial charge in [0.2, 0.25) is 0 Å². The molecule has 3 rings (SSSR count). The molecule has 0 fully saturated rings. The second-order valence-electron chi connectivity index (χ2n) is 6.15. The third-order valence-electron chi connectivity index (χ3n) is 4.34. The van der Waals surface area contributed by atoms with Crippen molar-refractivity contribution in [2.75, 3.05) is 0 Å². The number of aryl methyl sites for hydroxylation is 1. The molecule has 0 bridgehead atoms. The molecule has 1 heterocycles. The highest BCUT2D eigenvalue weighted by Gasteiger charge is 2.14. The summed E-state index contributed by atoms with van der Waals surface area (Å²) in [6.07, 6.45) is 1.72. The molecule has 0 unspecified atom stereocenters. The van der Waals surface area contributed by atoms with Crippen molar-refractivity contribution in [3.05, 3.63) is 59.8 Å². The number of nitrogens with zero attached hydrogens (tertiary/aromatic N) is 1. The molecule has 0 atom stereocenters. The number of benzene rings is 2. The lowest BCUT2D eigenvalue weighted by atomic mass is 9.96. The van der Waals surface area contributed by atoms with Crippen LogP contribution in [-0.4, -0.2) is 15.6 Å². The van der Waals surface area contributed by atoms with Crippen LogP contribution in [0.3, 0.4) is 0 Å². The van der Waals surface area contributed by atoms with Crippen LogP contribution in [0.15, 0.2) is 48.7 Å². The minimum atomic E-state index is -0.879. The van der Waals surface area contributed by atoms with Gasteiger partial charge in [0.25, 0.3) is 0 Å². The van der Waals surface area contributed by atoms with Crippen molar-refractivity contribution < 1.29 is 9.90 Å². The summed E-state index contributed by atoms with van der Waals surface area (Å²) in [5.41, 5.74) is 4.79. The molecule has 0 spiro atoms. The number of aromatic nitrogens is 1. The summed E-state index contributed by atoms with van der Waals surface area (Å²) in [6, 6.07) is 14.5. The summed E-state index contributed by atoms with van der Waals surface area (Å²) in [5.74, 6) is -0.412. The number of hydrogen-bond donors (Lipinski definition) is 1. The van der Waals surface area contributed by atoms with Crippen LogP contribution in [-0.2, 0) is 6.54 Å². The smallest absolute Gasteiger partial charge is 0.337 e. The van der Waals surface area contributed by atoms with Crippen molar-refractivity contribution in [2.24, 2.45) is 0 Å². The number of carbonyl (C=O) groups is 1. The van der Waals surface area contributed by atoms with Gasteiger partial charge in [-0.2, -0.15) is 0 Å². The van der Waals surface area contributed by atoms with Crippen LogP contribution in [0.4, 0.5) is 0 Å². The number of carboxylic acid groups (broad SMARTS) is 1. The van der Waals surface area contributed by atoms with E-state index in [2.05, 4.69) is 44.2 Å². The van der Waals surface area contributed by atoms with Crippen molar-refractivity contribution in [1.82, 2.24) is 4.57 Å². The van der Waals surface area contributed by atoms with E-state index >= 15 is 0 Å². The Morgan fingerprint density at radius 3 is 2.52 bits per heavy atom. The van der Waals surface area contributed by atoms with Gasteiger partial charge < -0.3 is 9.67 Å². The van der Waals surface area contributed by atoms with Gasteiger partial charge >= 0.3 is 5.97 Å². The van der Waals surface area contributed by atoms with Crippen molar-refractivity contribution in [2.45, 2.75) is 33.2 Å². The Bertz CT molecular complexity index is 874. The molecule has 1 N–H and O–H groups in total. The monoisotopic (exact) mass is 307 g/mol. The number of carboxylic acids is 1. The Hall–Kier alpha value is -2.55. The van der Waals surface area contributed by atoms with E-state index in [9.17, 15) is 9.90 Å². The quantitative estimate of drug-likeness (QED) is 0.724. The Balaban J connectivity index is 2.18. The minimum absolute atomic E-state index is 0.365. The van der Waals surface area contributed by atoms with Crippen LogP contribution >= 0.6 is 0 Å². The van der Waals surface area contributed by atoms with E-state index in [0.29, 0.717) is 11.5 Å². The van der Waals surface area contributed by atoms with Crippen LogP contribution in [0.1, 0.15) is 42.6 Å². The molecule has 0 amide bonds. The lowest BCUT2D eigenvalue weighted by Crippen LogP contribution is -1.94. The van der Waals surface area contributed by atoms with Crippen LogP contribution < -0.4 is 0 Å². The molecule has 0 radical (unpaired) electrons. The molecule has 0 aliphatic carbocycles. The van der Waals surface area contributed by atoms with Crippen molar-refractivity contribution in [3.8, 4) is 11.1 Å². The maximum absolute atomic E-state index is 11.5. The largest absolute Gasteiger partial charge is 0.478 e. The van der Waals surface area contributed by atoms with Gasteiger partial charge in [-0.15, -0.1) is 0 Å². The van der Waals surface area contributed by atoms with E-state index in [1.165, 1.54) is 5.56 Å². The predicted octanol–water partition coefficient (Wildman–Crippen LogP) is 5.15. The van der Waals surface area contributed by atoms with Crippen molar-refractivity contribution >= 4 is 16.9 Å². The second-order valence-corrected chi connectivity index (χ2v) is 6.15. The third kappa shape index (κ3) is 2.74. The zero-order chi connectivity index (χ0) is 16.6. The fourth-order valence-electron chi connectivity index (χ4n) is 2.99. The first-order valence-electron chi connectivity index (χ1n) is 7.97. The van der Waals surface area contributed by atoms with E-state index in [1.807, 2.05) is 23.6 Å². The Morgan fingerprint density at radius 1 is 1.13 bits per heavy atom. The first-order valence-corrected chi connectivity index (χ1v) is 7.97. The van der Waals surface area contributed by atoms with Gasteiger partial charge in [0.05, 0.1) is 5.56 Å².